The van der Waals surface area contributed by atoms with E-state index in [1.54, 1.807) is 24.2 Å². The molecular weight excluding hydrogens is 284 g/mol. The van der Waals surface area contributed by atoms with Crippen molar-refractivity contribution in [3.8, 4) is 0 Å². The van der Waals surface area contributed by atoms with Crippen molar-refractivity contribution >= 4 is 27.7 Å². The van der Waals surface area contributed by atoms with Crippen LogP contribution in [0.4, 0.5) is 0 Å². The Morgan fingerprint density at radius 3 is 2.62 bits per heavy atom. The summed E-state index contributed by atoms with van der Waals surface area (Å²) in [6.07, 6.45) is 3.59. The highest BCUT2D eigenvalue weighted by Gasteiger charge is 2.06. The van der Waals surface area contributed by atoms with Gasteiger partial charge in [0.05, 0.1) is 0 Å². The van der Waals surface area contributed by atoms with Crippen LogP contribution in [0.2, 0.25) is 0 Å². The summed E-state index contributed by atoms with van der Waals surface area (Å²) in [5, 5.41) is 0. The van der Waals surface area contributed by atoms with Gasteiger partial charge in [-0.1, -0.05) is 33.8 Å². The lowest BCUT2D eigenvalue weighted by molar-refractivity contribution is 1.02. The van der Waals surface area contributed by atoms with Crippen LogP contribution in [0.1, 0.15) is 5.56 Å². The molecule has 82 valence electrons. The maximum Gasteiger partial charge on any atom is 0.0279 e. The van der Waals surface area contributed by atoms with Crippen LogP contribution in [0.3, 0.4) is 0 Å². The fourth-order valence-corrected chi connectivity index (χ4v) is 3.00. The Bertz CT molecular complexity index is 474. The third-order valence-electron chi connectivity index (χ3n) is 2.16. The van der Waals surface area contributed by atoms with Gasteiger partial charge in [-0.15, -0.1) is 0 Å². The number of nitrogens with zero attached hydrogens (tertiary/aromatic N) is 1. The minimum absolute atomic E-state index is 0.537. The summed E-state index contributed by atoms with van der Waals surface area (Å²) >= 11 is 5.22. The van der Waals surface area contributed by atoms with Gasteiger partial charge in [-0.25, -0.2) is 0 Å². The van der Waals surface area contributed by atoms with Crippen molar-refractivity contribution in [2.24, 2.45) is 5.73 Å². The van der Waals surface area contributed by atoms with Gasteiger partial charge in [0.25, 0.3) is 0 Å². The summed E-state index contributed by atoms with van der Waals surface area (Å²) in [6, 6.07) is 10.1. The van der Waals surface area contributed by atoms with Crippen LogP contribution in [0.5, 0.6) is 0 Å². The average Bonchev–Trinajstić information content (AvgIpc) is 2.31. The Morgan fingerprint density at radius 2 is 1.94 bits per heavy atom. The Labute approximate surface area is 107 Å². The van der Waals surface area contributed by atoms with E-state index >= 15 is 0 Å². The largest absolute Gasteiger partial charge is 0.326 e. The molecule has 2 nitrogen and oxygen atoms in total. The van der Waals surface area contributed by atoms with E-state index in [0.29, 0.717) is 6.54 Å². The number of aromatic nitrogens is 1. The third kappa shape index (κ3) is 2.64. The molecule has 0 saturated heterocycles. The van der Waals surface area contributed by atoms with Gasteiger partial charge in [-0.3, -0.25) is 4.98 Å². The molecule has 0 atom stereocenters. The van der Waals surface area contributed by atoms with Gasteiger partial charge in [-0.2, -0.15) is 0 Å². The van der Waals surface area contributed by atoms with Crippen molar-refractivity contribution in [2.45, 2.75) is 16.3 Å². The second kappa shape index (κ2) is 5.48. The van der Waals surface area contributed by atoms with Gasteiger partial charge in [-0.05, 0) is 29.8 Å². The van der Waals surface area contributed by atoms with E-state index < -0.39 is 0 Å². The molecule has 2 rings (SSSR count). The molecule has 0 fully saturated rings. The number of hydrogen-bond donors (Lipinski definition) is 1. The summed E-state index contributed by atoms with van der Waals surface area (Å²) in [5.41, 5.74) is 6.89. The predicted octanol–water partition coefficient (Wildman–Crippen LogP) is 3.45. The molecule has 16 heavy (non-hydrogen) atoms. The topological polar surface area (TPSA) is 38.9 Å². The molecular formula is C12H11BrN2S. The lowest BCUT2D eigenvalue weighted by Gasteiger charge is -2.08. The average molecular weight is 295 g/mol. The highest BCUT2D eigenvalue weighted by atomic mass is 79.9. The lowest BCUT2D eigenvalue weighted by atomic mass is 10.2. The first-order chi connectivity index (χ1) is 7.81. The molecule has 2 aromatic rings. The predicted molar refractivity (Wildman–Crippen MR) is 70.4 cm³/mol. The number of benzene rings is 1. The van der Waals surface area contributed by atoms with Gasteiger partial charge >= 0.3 is 0 Å². The van der Waals surface area contributed by atoms with Gasteiger partial charge < -0.3 is 5.73 Å². The van der Waals surface area contributed by atoms with E-state index in [4.69, 9.17) is 5.73 Å². The Hall–Kier alpha value is -0.840. The maximum atomic E-state index is 5.75. The van der Waals surface area contributed by atoms with Crippen molar-refractivity contribution in [2.75, 3.05) is 0 Å². The van der Waals surface area contributed by atoms with Crippen LogP contribution in [0.15, 0.2) is 57.0 Å². The van der Waals surface area contributed by atoms with E-state index in [0.717, 1.165) is 10.0 Å². The zero-order valence-corrected chi connectivity index (χ0v) is 11.0. The van der Waals surface area contributed by atoms with Crippen LogP contribution < -0.4 is 5.73 Å². The van der Waals surface area contributed by atoms with Crippen LogP contribution in [-0.2, 0) is 6.54 Å². The SMILES string of the molecule is NCc1c(Br)cccc1Sc1ccncc1. The minimum Gasteiger partial charge on any atom is -0.326 e. The summed E-state index contributed by atoms with van der Waals surface area (Å²) in [7, 11) is 0. The van der Waals surface area contributed by atoms with Crippen molar-refractivity contribution < 1.29 is 0 Å². The zero-order valence-electron chi connectivity index (χ0n) is 8.56. The molecule has 1 heterocycles. The maximum absolute atomic E-state index is 5.75. The first-order valence-corrected chi connectivity index (χ1v) is 6.47. The summed E-state index contributed by atoms with van der Waals surface area (Å²) in [4.78, 5) is 6.35. The lowest BCUT2D eigenvalue weighted by Crippen LogP contribution is -1.99. The highest BCUT2D eigenvalue weighted by molar-refractivity contribution is 9.10. The van der Waals surface area contributed by atoms with E-state index in [1.807, 2.05) is 24.3 Å². The Morgan fingerprint density at radius 1 is 1.19 bits per heavy atom. The molecule has 0 aliphatic heterocycles. The Kier molecular flexibility index (Phi) is 3.98. The molecule has 4 heteroatoms. The number of nitrogens with two attached hydrogens (primary N) is 1. The van der Waals surface area contributed by atoms with E-state index in [1.165, 1.54) is 9.79 Å². The first-order valence-electron chi connectivity index (χ1n) is 4.86. The summed E-state index contributed by atoms with van der Waals surface area (Å²) < 4.78 is 1.06. The molecule has 1 aromatic heterocycles. The van der Waals surface area contributed by atoms with Crippen molar-refractivity contribution in [1.82, 2.24) is 4.98 Å². The quantitative estimate of drug-likeness (QED) is 0.942. The monoisotopic (exact) mass is 294 g/mol. The van der Waals surface area contributed by atoms with Crippen LogP contribution in [0.25, 0.3) is 0 Å². The molecule has 0 radical (unpaired) electrons. The third-order valence-corrected chi connectivity index (χ3v) is 4.01. The van der Waals surface area contributed by atoms with Gasteiger partial charge in [0.2, 0.25) is 0 Å². The second-order valence-corrected chi connectivity index (χ2v) is 5.18. The van der Waals surface area contributed by atoms with Crippen LogP contribution >= 0.6 is 27.7 Å². The van der Waals surface area contributed by atoms with Gasteiger partial charge in [0, 0.05) is 33.2 Å². The second-order valence-electron chi connectivity index (χ2n) is 3.21. The smallest absolute Gasteiger partial charge is 0.0279 e. The molecule has 2 N–H and O–H groups in total. The van der Waals surface area contributed by atoms with Crippen molar-refractivity contribution in [3.63, 3.8) is 0 Å². The van der Waals surface area contributed by atoms with E-state index in [-0.39, 0.29) is 0 Å². The minimum atomic E-state index is 0.537. The molecule has 0 spiro atoms. The summed E-state index contributed by atoms with van der Waals surface area (Å²) in [5.74, 6) is 0. The van der Waals surface area contributed by atoms with E-state index in [9.17, 15) is 0 Å². The number of pyridine rings is 1. The highest BCUT2D eigenvalue weighted by Crippen LogP contribution is 2.33. The van der Waals surface area contributed by atoms with Crippen molar-refractivity contribution in [3.05, 3.63) is 52.8 Å². The standard InChI is InChI=1S/C12H11BrN2S/c13-11-2-1-3-12(10(11)8-14)16-9-4-6-15-7-5-9/h1-7H,8,14H2. The van der Waals surface area contributed by atoms with E-state index in [2.05, 4.69) is 27.0 Å². The fraction of sp³-hybridized carbons (Fsp3) is 0.0833. The first kappa shape index (κ1) is 11.6. The molecule has 0 saturated carbocycles. The normalized spacial score (nSPS) is 10.4. The molecule has 0 amide bonds. The number of halogens is 1. The molecule has 0 unspecified atom stereocenters. The van der Waals surface area contributed by atoms with Gasteiger partial charge in [0.15, 0.2) is 0 Å². The van der Waals surface area contributed by atoms with Crippen LogP contribution in [-0.4, -0.2) is 4.98 Å². The molecule has 0 aliphatic carbocycles. The summed E-state index contributed by atoms with van der Waals surface area (Å²) in [6.45, 7) is 0.537. The molecule has 0 aliphatic rings. The fourth-order valence-electron chi connectivity index (χ4n) is 1.37. The van der Waals surface area contributed by atoms with Crippen molar-refractivity contribution in [1.29, 1.82) is 0 Å². The number of hydrogen-bond acceptors (Lipinski definition) is 3. The zero-order chi connectivity index (χ0) is 11.4. The molecule has 0 bridgehead atoms. The van der Waals surface area contributed by atoms with Crippen LogP contribution in [0, 0.1) is 0 Å². The molecule has 1 aromatic carbocycles. The number of rotatable bonds is 3. The van der Waals surface area contributed by atoms with Gasteiger partial charge in [0.1, 0.15) is 0 Å². The Balaban J connectivity index is 2.31.